The largest absolute Gasteiger partial charge is 0.347 e. The van der Waals surface area contributed by atoms with Gasteiger partial charge < -0.3 is 19.5 Å². The predicted molar refractivity (Wildman–Crippen MR) is 125 cm³/mol. The van der Waals surface area contributed by atoms with Crippen molar-refractivity contribution in [1.82, 2.24) is 34.8 Å². The van der Waals surface area contributed by atoms with Crippen LogP contribution in [0, 0.1) is 0 Å². The number of fused-ring (bicyclic) bond motifs is 1. The number of hydrogen-bond donors (Lipinski definition) is 2. The van der Waals surface area contributed by atoms with Crippen LogP contribution in [-0.4, -0.2) is 59.5 Å². The maximum atomic E-state index is 12.4. The Hall–Kier alpha value is -3.20. The molecule has 13 nitrogen and oxygen atoms in total. The van der Waals surface area contributed by atoms with Crippen LogP contribution < -0.4 is 16.6 Å². The summed E-state index contributed by atoms with van der Waals surface area (Å²) in [5.74, 6) is -0.837. The number of amides is 1. The third-order valence-electron chi connectivity index (χ3n) is 6.66. The Kier molecular flexibility index (Phi) is 5.26. The molecule has 0 aromatic carbocycles. The van der Waals surface area contributed by atoms with Crippen LogP contribution in [0.15, 0.2) is 33.4 Å². The molecule has 3 aromatic heterocycles. The maximum Gasteiger partial charge on any atom is 0.330 e. The number of nitrogens with one attached hydrogen (secondary N) is 2. The summed E-state index contributed by atoms with van der Waals surface area (Å²) in [4.78, 5) is 42.6. The average Bonchev–Trinajstić information content (AvgIpc) is 3.60. The van der Waals surface area contributed by atoms with Gasteiger partial charge in [-0.1, -0.05) is 5.21 Å². The van der Waals surface area contributed by atoms with E-state index in [1.54, 1.807) is 24.7 Å². The molecule has 3 fully saturated rings. The van der Waals surface area contributed by atoms with Crippen molar-refractivity contribution in [3.8, 4) is 11.4 Å². The normalized spacial score (nSPS) is 31.0. The molecule has 3 aliphatic rings. The monoisotopic (exact) mass is 515 g/mol. The zero-order valence-electron chi connectivity index (χ0n) is 19.8. The quantitative estimate of drug-likeness (QED) is 0.494. The molecule has 1 amide bonds. The van der Waals surface area contributed by atoms with E-state index in [4.69, 9.17) is 19.2 Å². The standard InChI is InChI=1S/C22H25N7O6S/c1-21(2)34-16-13(33-18(17(16)35-21)29-7-5-14(30)24-20(29)32)9-28-8-11(26-27-28)12-10-36-19(23-12)22(3)6-4-15(31)25-22/h5,7-8,10,13,16-18H,4,6,9H2,1-3H3,(H,25,31)(H,24,30,32)/t13-,16-,17-,18-,22?/m1/s1. The molecule has 3 aromatic rings. The van der Waals surface area contributed by atoms with E-state index in [1.807, 2.05) is 12.3 Å². The lowest BCUT2D eigenvalue weighted by atomic mass is 10.0. The number of carbonyl (C=O) groups is 1. The summed E-state index contributed by atoms with van der Waals surface area (Å²) in [6, 6.07) is 1.26. The fourth-order valence-corrected chi connectivity index (χ4v) is 5.91. The predicted octanol–water partition coefficient (Wildman–Crippen LogP) is 0.495. The minimum atomic E-state index is -0.863. The number of aromatic nitrogens is 6. The first-order valence-electron chi connectivity index (χ1n) is 11.6. The molecule has 14 heteroatoms. The first kappa shape index (κ1) is 23.2. The molecular weight excluding hydrogens is 490 g/mol. The van der Waals surface area contributed by atoms with Gasteiger partial charge in [0.05, 0.1) is 18.3 Å². The van der Waals surface area contributed by atoms with Crippen LogP contribution in [0.4, 0.5) is 0 Å². The molecule has 1 unspecified atom stereocenters. The molecular formula is C22H25N7O6S. The second-order valence-corrected chi connectivity index (χ2v) is 10.7. The van der Waals surface area contributed by atoms with E-state index in [-0.39, 0.29) is 5.91 Å². The molecule has 3 aliphatic heterocycles. The molecule has 6 heterocycles. The minimum Gasteiger partial charge on any atom is -0.347 e. The van der Waals surface area contributed by atoms with E-state index in [0.717, 1.165) is 5.01 Å². The highest BCUT2D eigenvalue weighted by molar-refractivity contribution is 7.10. The topological polar surface area (TPSA) is 155 Å². The molecule has 0 saturated carbocycles. The summed E-state index contributed by atoms with van der Waals surface area (Å²) in [7, 11) is 0. The third kappa shape index (κ3) is 3.99. The fraction of sp³-hybridized carbons (Fsp3) is 0.545. The van der Waals surface area contributed by atoms with E-state index < -0.39 is 47.1 Å². The van der Waals surface area contributed by atoms with E-state index in [2.05, 4.69) is 20.6 Å². The van der Waals surface area contributed by atoms with Gasteiger partial charge in [0.2, 0.25) is 5.91 Å². The second kappa shape index (κ2) is 8.16. The fourth-order valence-electron chi connectivity index (χ4n) is 4.95. The maximum absolute atomic E-state index is 12.4. The highest BCUT2D eigenvalue weighted by atomic mass is 32.1. The molecule has 190 valence electrons. The second-order valence-electron chi connectivity index (χ2n) is 9.89. The van der Waals surface area contributed by atoms with Gasteiger partial charge in [-0.3, -0.25) is 19.1 Å². The van der Waals surface area contributed by atoms with Crippen molar-refractivity contribution >= 4 is 17.2 Å². The summed E-state index contributed by atoms with van der Waals surface area (Å²) in [6.45, 7) is 5.87. The van der Waals surface area contributed by atoms with Gasteiger partial charge in [0, 0.05) is 24.1 Å². The lowest BCUT2D eigenvalue weighted by molar-refractivity contribution is -0.198. The summed E-state index contributed by atoms with van der Waals surface area (Å²) < 4.78 is 21.3. The summed E-state index contributed by atoms with van der Waals surface area (Å²) in [6.07, 6.45) is 2.05. The van der Waals surface area contributed by atoms with Crippen molar-refractivity contribution < 1.29 is 19.0 Å². The lowest BCUT2D eigenvalue weighted by Crippen LogP contribution is -2.37. The van der Waals surface area contributed by atoms with Crippen LogP contribution in [-0.2, 0) is 31.1 Å². The van der Waals surface area contributed by atoms with Gasteiger partial charge in [0.15, 0.2) is 12.0 Å². The van der Waals surface area contributed by atoms with Gasteiger partial charge in [-0.15, -0.1) is 16.4 Å². The van der Waals surface area contributed by atoms with Crippen molar-refractivity contribution in [2.75, 3.05) is 0 Å². The number of aromatic amines is 1. The molecule has 0 spiro atoms. The van der Waals surface area contributed by atoms with E-state index in [0.29, 0.717) is 30.8 Å². The SMILES string of the molecule is CC1(C)O[C@@H]2[C@H](O1)[C@@H](Cn1cc(-c3csc(C4(C)CCC(=O)N4)n3)nn1)O[C@H]2n1ccc(=O)[nH]c1=O. The molecule has 0 bridgehead atoms. The van der Waals surface area contributed by atoms with Crippen LogP contribution >= 0.6 is 11.3 Å². The van der Waals surface area contributed by atoms with Gasteiger partial charge in [-0.05, 0) is 27.2 Å². The van der Waals surface area contributed by atoms with Crippen molar-refractivity contribution in [2.45, 2.75) is 76.0 Å². The first-order valence-corrected chi connectivity index (χ1v) is 12.5. The summed E-state index contributed by atoms with van der Waals surface area (Å²) in [5, 5.41) is 14.2. The number of nitrogens with zero attached hydrogens (tertiary/aromatic N) is 5. The highest BCUT2D eigenvalue weighted by Crippen LogP contribution is 2.43. The Balaban J connectivity index is 1.22. The van der Waals surface area contributed by atoms with Crippen LogP contribution in [0.2, 0.25) is 0 Å². The Bertz CT molecular complexity index is 1440. The van der Waals surface area contributed by atoms with Crippen molar-refractivity contribution in [3.63, 3.8) is 0 Å². The molecule has 0 aliphatic carbocycles. The molecule has 5 atom stereocenters. The Morgan fingerprint density at radius 3 is 2.72 bits per heavy atom. The Morgan fingerprint density at radius 2 is 1.97 bits per heavy atom. The Morgan fingerprint density at radius 1 is 1.17 bits per heavy atom. The number of H-pyrrole nitrogens is 1. The van der Waals surface area contributed by atoms with E-state index in [1.165, 1.54) is 28.2 Å². The van der Waals surface area contributed by atoms with Gasteiger partial charge in [0.25, 0.3) is 5.56 Å². The minimum absolute atomic E-state index is 0.0266. The van der Waals surface area contributed by atoms with Crippen LogP contribution in [0.25, 0.3) is 11.4 Å². The molecule has 36 heavy (non-hydrogen) atoms. The molecule has 6 rings (SSSR count). The zero-order valence-corrected chi connectivity index (χ0v) is 20.7. The van der Waals surface area contributed by atoms with Crippen molar-refractivity contribution in [2.24, 2.45) is 0 Å². The Labute approximate surface area is 208 Å². The smallest absolute Gasteiger partial charge is 0.330 e. The van der Waals surface area contributed by atoms with Crippen LogP contribution in [0.5, 0.6) is 0 Å². The molecule has 0 radical (unpaired) electrons. The molecule has 3 saturated heterocycles. The first-order chi connectivity index (χ1) is 17.1. The average molecular weight is 516 g/mol. The third-order valence-corrected chi connectivity index (χ3v) is 7.77. The van der Waals surface area contributed by atoms with Gasteiger partial charge in [-0.25, -0.2) is 14.5 Å². The summed E-state index contributed by atoms with van der Waals surface area (Å²) in [5.41, 5.74) is -0.277. The van der Waals surface area contributed by atoms with E-state index >= 15 is 0 Å². The van der Waals surface area contributed by atoms with Gasteiger partial charge >= 0.3 is 5.69 Å². The lowest BCUT2D eigenvalue weighted by Gasteiger charge is -2.24. The van der Waals surface area contributed by atoms with Crippen molar-refractivity contribution in [1.29, 1.82) is 0 Å². The zero-order chi connectivity index (χ0) is 25.2. The summed E-state index contributed by atoms with van der Waals surface area (Å²) >= 11 is 1.48. The number of thiazole rings is 1. The number of carbonyl (C=O) groups excluding carboxylic acids is 1. The van der Waals surface area contributed by atoms with Crippen LogP contribution in [0.1, 0.15) is 44.8 Å². The number of hydrogen-bond acceptors (Lipinski definition) is 10. The van der Waals surface area contributed by atoms with E-state index in [9.17, 15) is 14.4 Å². The number of ether oxygens (including phenoxy) is 3. The van der Waals surface area contributed by atoms with Gasteiger partial charge in [-0.2, -0.15) is 0 Å². The van der Waals surface area contributed by atoms with Crippen molar-refractivity contribution in [3.05, 3.63) is 49.7 Å². The highest BCUT2D eigenvalue weighted by Gasteiger charge is 2.56. The molecule has 2 N–H and O–H groups in total. The van der Waals surface area contributed by atoms with Gasteiger partial charge in [0.1, 0.15) is 34.7 Å². The number of rotatable bonds is 5. The van der Waals surface area contributed by atoms with Crippen LogP contribution in [0.3, 0.4) is 0 Å².